The smallest absolute Gasteiger partial charge is 0.225 e. The minimum absolute atomic E-state index is 0.331. The van der Waals surface area contributed by atoms with Crippen molar-refractivity contribution in [1.82, 2.24) is 9.97 Å². The van der Waals surface area contributed by atoms with E-state index >= 15 is 0 Å². The van der Waals surface area contributed by atoms with E-state index in [0.717, 1.165) is 28.9 Å². The monoisotopic (exact) mass is 283 g/mol. The van der Waals surface area contributed by atoms with Crippen LogP contribution < -0.4 is 4.90 Å². The normalized spacial score (nSPS) is 11.4. The van der Waals surface area contributed by atoms with E-state index in [4.69, 9.17) is 11.6 Å². The number of hydrogen-bond donors (Lipinski definition) is 0. The van der Waals surface area contributed by atoms with Crippen molar-refractivity contribution >= 4 is 39.0 Å². The molecule has 0 aliphatic heterocycles. The molecule has 0 fully saturated rings. The molecule has 0 bridgehead atoms. The number of aromatic nitrogens is 2. The Kier molecular flexibility index (Phi) is 4.07. The van der Waals surface area contributed by atoms with Crippen molar-refractivity contribution in [3.63, 3.8) is 0 Å². The minimum Gasteiger partial charge on any atom is -0.356 e. The predicted octanol–water partition coefficient (Wildman–Crippen LogP) is 4.28. The van der Waals surface area contributed by atoms with Gasteiger partial charge in [-0.25, -0.2) is 4.98 Å². The Morgan fingerprint density at radius 2 is 2.00 bits per heavy atom. The second-order valence-electron chi connectivity index (χ2n) is 4.47. The molecule has 5 heteroatoms. The SMILES string of the molecule is CCC(CC)N(C)c1nc(Cl)nc2sc(C)cc12. The Morgan fingerprint density at radius 3 is 2.61 bits per heavy atom. The molecule has 2 rings (SSSR count). The van der Waals surface area contributed by atoms with E-state index in [0.29, 0.717) is 11.3 Å². The Morgan fingerprint density at radius 1 is 1.33 bits per heavy atom. The maximum absolute atomic E-state index is 6.03. The van der Waals surface area contributed by atoms with E-state index < -0.39 is 0 Å². The Bertz CT molecular complexity index is 548. The topological polar surface area (TPSA) is 29.0 Å². The average Bonchev–Trinajstić information content (AvgIpc) is 2.69. The number of anilines is 1. The van der Waals surface area contributed by atoms with Gasteiger partial charge in [-0.15, -0.1) is 11.3 Å². The van der Waals surface area contributed by atoms with Crippen molar-refractivity contribution in [2.45, 2.75) is 39.7 Å². The first kappa shape index (κ1) is 13.6. The largest absolute Gasteiger partial charge is 0.356 e. The number of thiophene rings is 1. The molecule has 0 N–H and O–H groups in total. The molecule has 0 aliphatic carbocycles. The van der Waals surface area contributed by atoms with Gasteiger partial charge in [0, 0.05) is 18.0 Å². The van der Waals surface area contributed by atoms with Gasteiger partial charge in [0.1, 0.15) is 10.6 Å². The van der Waals surface area contributed by atoms with E-state index in [1.807, 2.05) is 0 Å². The second-order valence-corrected chi connectivity index (χ2v) is 6.05. The second kappa shape index (κ2) is 5.41. The zero-order valence-electron chi connectivity index (χ0n) is 11.2. The molecule has 98 valence electrons. The van der Waals surface area contributed by atoms with E-state index in [9.17, 15) is 0 Å². The summed E-state index contributed by atoms with van der Waals surface area (Å²) in [6.45, 7) is 6.48. The van der Waals surface area contributed by atoms with Crippen molar-refractivity contribution < 1.29 is 0 Å². The highest BCUT2D eigenvalue weighted by molar-refractivity contribution is 7.18. The summed E-state index contributed by atoms with van der Waals surface area (Å²) in [5.74, 6) is 0.947. The van der Waals surface area contributed by atoms with E-state index in [-0.39, 0.29) is 0 Å². The van der Waals surface area contributed by atoms with Gasteiger partial charge >= 0.3 is 0 Å². The lowest BCUT2D eigenvalue weighted by molar-refractivity contribution is 0.588. The van der Waals surface area contributed by atoms with Crippen LogP contribution in [0.3, 0.4) is 0 Å². The highest BCUT2D eigenvalue weighted by atomic mass is 35.5. The van der Waals surface area contributed by atoms with Crippen LogP contribution >= 0.6 is 22.9 Å². The molecule has 0 amide bonds. The van der Waals surface area contributed by atoms with Crippen molar-refractivity contribution in [2.24, 2.45) is 0 Å². The van der Waals surface area contributed by atoms with Gasteiger partial charge in [-0.1, -0.05) is 13.8 Å². The van der Waals surface area contributed by atoms with E-state index in [1.165, 1.54) is 4.88 Å². The molecule has 2 aromatic rings. The predicted molar refractivity (Wildman–Crippen MR) is 79.9 cm³/mol. The number of nitrogens with zero attached hydrogens (tertiary/aromatic N) is 3. The molecule has 0 radical (unpaired) electrons. The number of halogens is 1. The van der Waals surface area contributed by atoms with Gasteiger partial charge in [-0.2, -0.15) is 4.98 Å². The summed E-state index contributed by atoms with van der Waals surface area (Å²) < 4.78 is 0. The fraction of sp³-hybridized carbons (Fsp3) is 0.538. The van der Waals surface area contributed by atoms with Gasteiger partial charge in [0.05, 0.1) is 5.39 Å². The van der Waals surface area contributed by atoms with Gasteiger partial charge in [-0.3, -0.25) is 0 Å². The molecular weight excluding hydrogens is 266 g/mol. The molecular formula is C13H18ClN3S. The van der Waals surface area contributed by atoms with Crippen molar-refractivity contribution in [2.75, 3.05) is 11.9 Å². The maximum Gasteiger partial charge on any atom is 0.225 e. The quantitative estimate of drug-likeness (QED) is 0.784. The van der Waals surface area contributed by atoms with Gasteiger partial charge in [0.2, 0.25) is 5.28 Å². The van der Waals surface area contributed by atoms with E-state index in [1.54, 1.807) is 11.3 Å². The van der Waals surface area contributed by atoms with Gasteiger partial charge < -0.3 is 4.90 Å². The summed E-state index contributed by atoms with van der Waals surface area (Å²) in [4.78, 5) is 13.1. The van der Waals surface area contributed by atoms with Crippen LogP contribution in [0.4, 0.5) is 5.82 Å². The molecule has 0 aliphatic rings. The zero-order chi connectivity index (χ0) is 13.3. The van der Waals surface area contributed by atoms with Gasteiger partial charge in [-0.05, 0) is 37.4 Å². The zero-order valence-corrected chi connectivity index (χ0v) is 12.8. The third-order valence-electron chi connectivity index (χ3n) is 3.29. The molecule has 18 heavy (non-hydrogen) atoms. The lowest BCUT2D eigenvalue weighted by Gasteiger charge is -2.27. The average molecular weight is 284 g/mol. The third-order valence-corrected chi connectivity index (χ3v) is 4.41. The fourth-order valence-corrected chi connectivity index (χ4v) is 3.37. The number of hydrogen-bond acceptors (Lipinski definition) is 4. The minimum atomic E-state index is 0.331. The summed E-state index contributed by atoms with van der Waals surface area (Å²) in [5, 5.41) is 1.44. The van der Waals surface area contributed by atoms with Crippen molar-refractivity contribution in [1.29, 1.82) is 0 Å². The highest BCUT2D eigenvalue weighted by Crippen LogP contribution is 2.32. The summed E-state index contributed by atoms with van der Waals surface area (Å²) in [6.07, 6.45) is 2.19. The van der Waals surface area contributed by atoms with Crippen LogP contribution in [0.2, 0.25) is 5.28 Å². The first-order valence-corrected chi connectivity index (χ1v) is 7.42. The molecule has 0 atom stereocenters. The summed E-state index contributed by atoms with van der Waals surface area (Å²) in [5.41, 5.74) is 0. The number of fused-ring (bicyclic) bond motifs is 1. The van der Waals surface area contributed by atoms with Crippen LogP contribution in [-0.2, 0) is 0 Å². The Hall–Kier alpha value is -0.870. The maximum atomic E-state index is 6.03. The van der Waals surface area contributed by atoms with E-state index in [2.05, 4.69) is 48.8 Å². The summed E-state index contributed by atoms with van der Waals surface area (Å²) in [7, 11) is 2.09. The lowest BCUT2D eigenvalue weighted by atomic mass is 10.1. The Labute approximate surface area is 117 Å². The van der Waals surface area contributed by atoms with Gasteiger partial charge in [0.25, 0.3) is 0 Å². The van der Waals surface area contributed by atoms with Crippen molar-refractivity contribution in [3.05, 3.63) is 16.2 Å². The number of aryl methyl sites for hydroxylation is 1. The standard InChI is InChI=1S/C13H18ClN3S/c1-5-9(6-2)17(4)11-10-7-8(3)18-12(10)16-13(14)15-11/h7,9H,5-6H2,1-4H3. The fourth-order valence-electron chi connectivity index (χ4n) is 2.28. The highest BCUT2D eigenvalue weighted by Gasteiger charge is 2.18. The molecule has 0 saturated carbocycles. The molecule has 3 nitrogen and oxygen atoms in total. The Balaban J connectivity index is 2.54. The van der Waals surface area contributed by atoms with Gasteiger partial charge in [0.15, 0.2) is 0 Å². The summed E-state index contributed by atoms with van der Waals surface area (Å²) >= 11 is 7.69. The first-order valence-electron chi connectivity index (χ1n) is 6.23. The molecule has 2 heterocycles. The van der Waals surface area contributed by atoms with Crippen LogP contribution in [0.25, 0.3) is 10.2 Å². The van der Waals surface area contributed by atoms with Crippen LogP contribution in [0, 0.1) is 6.92 Å². The molecule has 0 saturated heterocycles. The molecule has 0 spiro atoms. The van der Waals surface area contributed by atoms with Crippen LogP contribution in [0.5, 0.6) is 0 Å². The molecule has 2 aromatic heterocycles. The van der Waals surface area contributed by atoms with Crippen LogP contribution in [-0.4, -0.2) is 23.1 Å². The van der Waals surface area contributed by atoms with Crippen LogP contribution in [0.1, 0.15) is 31.6 Å². The molecule has 0 unspecified atom stereocenters. The molecule has 0 aromatic carbocycles. The van der Waals surface area contributed by atoms with Crippen LogP contribution in [0.15, 0.2) is 6.07 Å². The van der Waals surface area contributed by atoms with Crippen molar-refractivity contribution in [3.8, 4) is 0 Å². The number of rotatable bonds is 4. The summed E-state index contributed by atoms with van der Waals surface area (Å²) in [6, 6.07) is 2.63. The third kappa shape index (κ3) is 2.45. The first-order chi connectivity index (χ1) is 8.56. The lowest BCUT2D eigenvalue weighted by Crippen LogP contribution is -2.31.